The molecule has 74 valence electrons. The number of hydrogen-bond acceptors (Lipinski definition) is 4. The van der Waals surface area contributed by atoms with Crippen LogP contribution in [0.3, 0.4) is 0 Å². The van der Waals surface area contributed by atoms with Gasteiger partial charge < -0.3 is 15.8 Å². The number of hydrogen-bond donors (Lipinski definition) is 2. The number of rotatable bonds is 5. The first-order chi connectivity index (χ1) is 5.95. The van der Waals surface area contributed by atoms with Crippen LogP contribution >= 0.6 is 0 Å². The lowest BCUT2D eigenvalue weighted by molar-refractivity contribution is -0.125. The third-order valence-electron chi connectivity index (χ3n) is 1.07. The van der Waals surface area contributed by atoms with E-state index >= 15 is 0 Å². The Morgan fingerprint density at radius 3 is 2.77 bits per heavy atom. The predicted octanol–water partition coefficient (Wildman–Crippen LogP) is -0.620. The zero-order valence-corrected chi connectivity index (χ0v) is 7.96. The van der Waals surface area contributed by atoms with Crippen LogP contribution in [-0.4, -0.2) is 31.2 Å². The first-order valence-corrected chi connectivity index (χ1v) is 3.96. The molecule has 0 radical (unpaired) electrons. The summed E-state index contributed by atoms with van der Waals surface area (Å²) in [7, 11) is 0. The summed E-state index contributed by atoms with van der Waals surface area (Å²) in [6.07, 6.45) is 0. The standard InChI is InChI=1S/C8H15N3O2/c1-8(2,10)6-13-5-7(12)11-4-3-9/h4-6,10H2,1-2H3,(H,11,12). The van der Waals surface area contributed by atoms with Gasteiger partial charge in [0.15, 0.2) is 0 Å². The Bertz CT molecular complexity index is 202. The number of carbonyl (C=O) groups excluding carboxylic acids is 1. The van der Waals surface area contributed by atoms with Gasteiger partial charge in [-0.3, -0.25) is 4.79 Å². The number of amides is 1. The summed E-state index contributed by atoms with van der Waals surface area (Å²) in [5, 5.41) is 10.5. The second-order valence-corrected chi connectivity index (χ2v) is 3.42. The molecule has 0 bridgehead atoms. The maximum atomic E-state index is 10.9. The molecule has 0 saturated heterocycles. The summed E-state index contributed by atoms with van der Waals surface area (Å²) in [4.78, 5) is 10.9. The Morgan fingerprint density at radius 1 is 1.69 bits per heavy atom. The Balaban J connectivity index is 3.44. The van der Waals surface area contributed by atoms with Gasteiger partial charge in [0.05, 0.1) is 12.7 Å². The van der Waals surface area contributed by atoms with Crippen molar-refractivity contribution in [3.63, 3.8) is 0 Å². The lowest BCUT2D eigenvalue weighted by atomic mass is 10.1. The molecule has 3 N–H and O–H groups in total. The van der Waals surface area contributed by atoms with E-state index in [1.807, 2.05) is 0 Å². The number of nitriles is 1. The molecule has 0 aliphatic carbocycles. The second kappa shape index (κ2) is 5.51. The molecular weight excluding hydrogens is 170 g/mol. The normalized spacial score (nSPS) is 10.6. The second-order valence-electron chi connectivity index (χ2n) is 3.42. The molecular formula is C8H15N3O2. The van der Waals surface area contributed by atoms with Crippen molar-refractivity contribution in [2.24, 2.45) is 5.73 Å². The molecule has 0 aromatic rings. The summed E-state index contributed by atoms with van der Waals surface area (Å²) in [5.41, 5.74) is 5.18. The molecule has 0 aromatic heterocycles. The molecule has 5 heteroatoms. The number of carbonyl (C=O) groups is 1. The van der Waals surface area contributed by atoms with Crippen LogP contribution in [0.1, 0.15) is 13.8 Å². The molecule has 0 aromatic carbocycles. The summed E-state index contributed by atoms with van der Waals surface area (Å²) >= 11 is 0. The fourth-order valence-corrected chi connectivity index (χ4v) is 0.596. The van der Waals surface area contributed by atoms with E-state index in [4.69, 9.17) is 15.7 Å². The fraction of sp³-hybridized carbons (Fsp3) is 0.750. The van der Waals surface area contributed by atoms with Crippen molar-refractivity contribution < 1.29 is 9.53 Å². The minimum atomic E-state index is -0.435. The summed E-state index contributed by atoms with van der Waals surface area (Å²) in [5.74, 6) is -0.300. The van der Waals surface area contributed by atoms with Crippen molar-refractivity contribution in [1.82, 2.24) is 5.32 Å². The van der Waals surface area contributed by atoms with Gasteiger partial charge in [-0.25, -0.2) is 0 Å². The molecule has 0 aliphatic heterocycles. The van der Waals surface area contributed by atoms with E-state index in [1.54, 1.807) is 19.9 Å². The minimum Gasteiger partial charge on any atom is -0.370 e. The number of nitrogens with zero attached hydrogens (tertiary/aromatic N) is 1. The largest absolute Gasteiger partial charge is 0.370 e. The van der Waals surface area contributed by atoms with Gasteiger partial charge in [-0.05, 0) is 13.8 Å². The van der Waals surface area contributed by atoms with Crippen LogP contribution in [0.25, 0.3) is 0 Å². The molecule has 0 spiro atoms. The summed E-state index contributed by atoms with van der Waals surface area (Å²) in [6, 6.07) is 1.79. The molecule has 0 saturated carbocycles. The van der Waals surface area contributed by atoms with Crippen LogP contribution in [0.2, 0.25) is 0 Å². The smallest absolute Gasteiger partial charge is 0.246 e. The summed E-state index contributed by atoms with van der Waals surface area (Å²) in [6.45, 7) is 3.88. The fourth-order valence-electron chi connectivity index (χ4n) is 0.596. The van der Waals surface area contributed by atoms with Crippen LogP contribution < -0.4 is 11.1 Å². The summed E-state index contributed by atoms with van der Waals surface area (Å²) < 4.78 is 5.01. The van der Waals surface area contributed by atoms with E-state index in [1.165, 1.54) is 0 Å². The Morgan fingerprint density at radius 2 is 2.31 bits per heavy atom. The average Bonchev–Trinajstić information content (AvgIpc) is 1.98. The van der Waals surface area contributed by atoms with Gasteiger partial charge >= 0.3 is 0 Å². The van der Waals surface area contributed by atoms with Crippen molar-refractivity contribution in [2.45, 2.75) is 19.4 Å². The molecule has 0 fully saturated rings. The van der Waals surface area contributed by atoms with Crippen molar-refractivity contribution in [3.05, 3.63) is 0 Å². The van der Waals surface area contributed by atoms with Gasteiger partial charge in [-0.15, -0.1) is 0 Å². The lowest BCUT2D eigenvalue weighted by Gasteiger charge is -2.17. The van der Waals surface area contributed by atoms with E-state index in [-0.39, 0.29) is 19.1 Å². The van der Waals surface area contributed by atoms with Crippen LogP contribution in [0.5, 0.6) is 0 Å². The zero-order chi connectivity index (χ0) is 10.3. The minimum absolute atomic E-state index is 0.00815. The van der Waals surface area contributed by atoms with Gasteiger partial charge in [0.2, 0.25) is 5.91 Å². The molecule has 13 heavy (non-hydrogen) atoms. The third-order valence-corrected chi connectivity index (χ3v) is 1.07. The van der Waals surface area contributed by atoms with Crippen LogP contribution in [0.15, 0.2) is 0 Å². The first-order valence-electron chi connectivity index (χ1n) is 3.96. The van der Waals surface area contributed by atoms with Crippen molar-refractivity contribution in [3.8, 4) is 6.07 Å². The van der Waals surface area contributed by atoms with Crippen molar-refractivity contribution >= 4 is 5.91 Å². The predicted molar refractivity (Wildman–Crippen MR) is 47.7 cm³/mol. The number of ether oxygens (including phenoxy) is 1. The highest BCUT2D eigenvalue weighted by Crippen LogP contribution is 1.95. The highest BCUT2D eigenvalue weighted by molar-refractivity contribution is 5.77. The first kappa shape index (κ1) is 11.9. The highest BCUT2D eigenvalue weighted by Gasteiger charge is 2.11. The van der Waals surface area contributed by atoms with Gasteiger partial charge in [0.1, 0.15) is 13.2 Å². The molecule has 5 nitrogen and oxygen atoms in total. The Kier molecular flexibility index (Phi) is 5.04. The zero-order valence-electron chi connectivity index (χ0n) is 7.96. The van der Waals surface area contributed by atoms with Crippen LogP contribution in [-0.2, 0) is 9.53 Å². The third kappa shape index (κ3) is 8.79. The van der Waals surface area contributed by atoms with E-state index in [2.05, 4.69) is 5.32 Å². The van der Waals surface area contributed by atoms with Gasteiger partial charge in [-0.2, -0.15) is 5.26 Å². The highest BCUT2D eigenvalue weighted by atomic mass is 16.5. The van der Waals surface area contributed by atoms with Crippen molar-refractivity contribution in [2.75, 3.05) is 19.8 Å². The van der Waals surface area contributed by atoms with Crippen LogP contribution in [0.4, 0.5) is 0 Å². The van der Waals surface area contributed by atoms with E-state index in [0.717, 1.165) is 0 Å². The molecule has 0 unspecified atom stereocenters. The lowest BCUT2D eigenvalue weighted by Crippen LogP contribution is -2.39. The quantitative estimate of drug-likeness (QED) is 0.559. The SMILES string of the molecule is CC(C)(N)COCC(=O)NCC#N. The Hall–Kier alpha value is -1.12. The van der Waals surface area contributed by atoms with E-state index < -0.39 is 5.54 Å². The molecule has 0 rings (SSSR count). The molecule has 0 atom stereocenters. The van der Waals surface area contributed by atoms with Crippen molar-refractivity contribution in [1.29, 1.82) is 5.26 Å². The van der Waals surface area contributed by atoms with Gasteiger partial charge in [0.25, 0.3) is 0 Å². The monoisotopic (exact) mass is 185 g/mol. The Labute approximate surface area is 77.9 Å². The number of nitrogens with one attached hydrogen (secondary N) is 1. The van der Waals surface area contributed by atoms with E-state index in [9.17, 15) is 4.79 Å². The average molecular weight is 185 g/mol. The van der Waals surface area contributed by atoms with E-state index in [0.29, 0.717) is 6.61 Å². The topological polar surface area (TPSA) is 88.1 Å². The molecule has 1 amide bonds. The maximum Gasteiger partial charge on any atom is 0.246 e. The van der Waals surface area contributed by atoms with Gasteiger partial charge in [0, 0.05) is 5.54 Å². The van der Waals surface area contributed by atoms with Gasteiger partial charge in [-0.1, -0.05) is 0 Å². The number of nitrogens with two attached hydrogens (primary N) is 1. The molecule has 0 heterocycles. The maximum absolute atomic E-state index is 10.9. The molecule has 0 aliphatic rings. The van der Waals surface area contributed by atoms with Crippen LogP contribution in [0, 0.1) is 11.3 Å².